The van der Waals surface area contributed by atoms with Crippen LogP contribution in [0, 0.1) is 5.82 Å². The Bertz CT molecular complexity index is 1060. The van der Waals surface area contributed by atoms with E-state index in [2.05, 4.69) is 20.6 Å². The quantitative estimate of drug-likeness (QED) is 0.504. The van der Waals surface area contributed by atoms with E-state index in [1.54, 1.807) is 30.6 Å². The molecule has 0 unspecified atom stereocenters. The van der Waals surface area contributed by atoms with Gasteiger partial charge in [0.25, 0.3) is 5.91 Å². The fourth-order valence-corrected chi connectivity index (χ4v) is 3.69. The highest BCUT2D eigenvalue weighted by Gasteiger charge is 2.23. The number of β-amino-alcohol motifs (C(OH)–C–C–N with tert-alkyl or cyclic N) is 1. The minimum absolute atomic E-state index is 0.248. The van der Waals surface area contributed by atoms with E-state index in [-0.39, 0.29) is 17.8 Å². The Kier molecular flexibility index (Phi) is 6.91. The summed E-state index contributed by atoms with van der Waals surface area (Å²) in [5.41, 5.74) is 2.19. The highest BCUT2D eigenvalue weighted by molar-refractivity contribution is 5.99. The average Bonchev–Trinajstić information content (AvgIpc) is 3.24. The van der Waals surface area contributed by atoms with Gasteiger partial charge in [-0.2, -0.15) is 0 Å². The van der Waals surface area contributed by atoms with Gasteiger partial charge in [-0.3, -0.25) is 9.78 Å². The van der Waals surface area contributed by atoms with Crippen molar-refractivity contribution in [1.82, 2.24) is 15.3 Å². The number of carbonyl (C=O) groups excluding carboxylic acids is 1. The number of halogens is 1. The summed E-state index contributed by atoms with van der Waals surface area (Å²) in [6.45, 7) is 2.08. The number of aliphatic hydroxyl groups is 1. The van der Waals surface area contributed by atoms with Crippen molar-refractivity contribution in [2.75, 3.05) is 29.9 Å². The second kappa shape index (κ2) is 10.2. The first-order valence-corrected chi connectivity index (χ1v) is 10.7. The lowest BCUT2D eigenvalue weighted by Crippen LogP contribution is -2.26. The molecule has 7 nitrogen and oxygen atoms in total. The molecule has 0 spiro atoms. The lowest BCUT2D eigenvalue weighted by molar-refractivity contribution is 0.0951. The zero-order chi connectivity index (χ0) is 22.3. The molecule has 4 rings (SSSR count). The van der Waals surface area contributed by atoms with Gasteiger partial charge in [-0.05, 0) is 54.3 Å². The molecule has 1 saturated heterocycles. The number of hydrogen-bond acceptors (Lipinski definition) is 6. The molecule has 0 radical (unpaired) electrons. The van der Waals surface area contributed by atoms with E-state index >= 15 is 0 Å². The molecule has 1 fully saturated rings. The SMILES string of the molecule is O=C(NCc1cccnc1)c1ccc(N2CC[C@H](O)C2)nc1NCCc1cccc(F)c1. The largest absolute Gasteiger partial charge is 0.391 e. The Morgan fingerprint density at radius 3 is 2.81 bits per heavy atom. The number of nitrogens with zero attached hydrogens (tertiary/aromatic N) is 3. The number of anilines is 2. The number of carbonyl (C=O) groups is 1. The first-order chi connectivity index (χ1) is 15.6. The van der Waals surface area contributed by atoms with Crippen molar-refractivity contribution in [3.8, 4) is 0 Å². The summed E-state index contributed by atoms with van der Waals surface area (Å²) >= 11 is 0. The topological polar surface area (TPSA) is 90.4 Å². The summed E-state index contributed by atoms with van der Waals surface area (Å²) < 4.78 is 13.5. The molecule has 8 heteroatoms. The number of amides is 1. The predicted octanol–water partition coefficient (Wildman–Crippen LogP) is 2.77. The van der Waals surface area contributed by atoms with Crippen LogP contribution in [0.4, 0.5) is 16.0 Å². The van der Waals surface area contributed by atoms with E-state index in [1.165, 1.54) is 12.1 Å². The van der Waals surface area contributed by atoms with Gasteiger partial charge in [0.2, 0.25) is 0 Å². The summed E-state index contributed by atoms with van der Waals surface area (Å²) in [5.74, 6) is 0.649. The average molecular weight is 436 g/mol. The third-order valence-electron chi connectivity index (χ3n) is 5.38. The van der Waals surface area contributed by atoms with Gasteiger partial charge < -0.3 is 20.6 Å². The van der Waals surface area contributed by atoms with Crippen molar-refractivity contribution in [2.24, 2.45) is 0 Å². The molecule has 1 aromatic carbocycles. The van der Waals surface area contributed by atoms with Gasteiger partial charge in [0.1, 0.15) is 17.5 Å². The van der Waals surface area contributed by atoms with Crippen molar-refractivity contribution in [2.45, 2.75) is 25.5 Å². The smallest absolute Gasteiger partial charge is 0.255 e. The van der Waals surface area contributed by atoms with Gasteiger partial charge in [-0.1, -0.05) is 18.2 Å². The molecule has 1 aliphatic heterocycles. The van der Waals surface area contributed by atoms with Gasteiger partial charge in [-0.25, -0.2) is 9.37 Å². The Labute approximate surface area is 186 Å². The van der Waals surface area contributed by atoms with Crippen LogP contribution < -0.4 is 15.5 Å². The molecule has 2 aromatic heterocycles. The second-order valence-corrected chi connectivity index (χ2v) is 7.80. The molecular formula is C24H26FN5O2. The van der Waals surface area contributed by atoms with Gasteiger partial charge in [0, 0.05) is 38.6 Å². The lowest BCUT2D eigenvalue weighted by atomic mass is 10.1. The molecule has 0 aliphatic carbocycles. The molecular weight excluding hydrogens is 409 g/mol. The first-order valence-electron chi connectivity index (χ1n) is 10.7. The monoisotopic (exact) mass is 435 g/mol. The first kappa shape index (κ1) is 21.7. The summed E-state index contributed by atoms with van der Waals surface area (Å²) in [6, 6.07) is 13.7. The highest BCUT2D eigenvalue weighted by Crippen LogP contribution is 2.23. The Morgan fingerprint density at radius 1 is 1.19 bits per heavy atom. The van der Waals surface area contributed by atoms with Crippen molar-refractivity contribution in [3.63, 3.8) is 0 Å². The van der Waals surface area contributed by atoms with Crippen molar-refractivity contribution in [1.29, 1.82) is 0 Å². The van der Waals surface area contributed by atoms with E-state index in [1.807, 2.05) is 23.1 Å². The number of nitrogens with one attached hydrogen (secondary N) is 2. The molecule has 32 heavy (non-hydrogen) atoms. The number of hydrogen-bond donors (Lipinski definition) is 3. The summed E-state index contributed by atoms with van der Waals surface area (Å²) in [6.07, 6.45) is 4.30. The van der Waals surface area contributed by atoms with Crippen LogP contribution in [0.25, 0.3) is 0 Å². The van der Waals surface area contributed by atoms with Crippen molar-refractivity contribution >= 4 is 17.5 Å². The maximum absolute atomic E-state index is 13.5. The standard InChI is InChI=1S/C24H26FN5O2/c25-19-5-1-3-17(13-19)8-11-27-23-21(24(32)28-15-18-4-2-10-26-14-18)6-7-22(29-23)30-12-9-20(31)16-30/h1-7,10,13-14,20,31H,8-9,11-12,15-16H2,(H,27,29)(H,28,32)/t20-/m0/s1. The van der Waals surface area contributed by atoms with Crippen LogP contribution in [0.15, 0.2) is 60.9 Å². The van der Waals surface area contributed by atoms with Crippen LogP contribution in [0.2, 0.25) is 0 Å². The van der Waals surface area contributed by atoms with Crippen LogP contribution >= 0.6 is 0 Å². The fourth-order valence-electron chi connectivity index (χ4n) is 3.69. The van der Waals surface area contributed by atoms with Gasteiger partial charge in [0.15, 0.2) is 0 Å². The number of pyridine rings is 2. The van der Waals surface area contributed by atoms with E-state index in [0.717, 1.165) is 11.1 Å². The molecule has 3 aromatic rings. The fraction of sp³-hybridized carbons (Fsp3) is 0.292. The molecule has 1 amide bonds. The summed E-state index contributed by atoms with van der Waals surface area (Å²) in [4.78, 5) is 23.6. The Hall–Kier alpha value is -3.52. The zero-order valence-electron chi connectivity index (χ0n) is 17.7. The Morgan fingerprint density at radius 2 is 2.06 bits per heavy atom. The van der Waals surface area contributed by atoms with Crippen LogP contribution in [0.5, 0.6) is 0 Å². The van der Waals surface area contributed by atoms with Crippen LogP contribution in [0.1, 0.15) is 27.9 Å². The normalized spacial score (nSPS) is 15.6. The number of aliphatic hydroxyl groups excluding tert-OH is 1. The van der Waals surface area contributed by atoms with Crippen molar-refractivity contribution < 1.29 is 14.3 Å². The van der Waals surface area contributed by atoms with E-state index < -0.39 is 0 Å². The molecule has 3 N–H and O–H groups in total. The van der Waals surface area contributed by atoms with Crippen LogP contribution in [-0.2, 0) is 13.0 Å². The number of rotatable bonds is 8. The van der Waals surface area contributed by atoms with E-state index in [0.29, 0.717) is 56.2 Å². The zero-order valence-corrected chi connectivity index (χ0v) is 17.7. The summed E-state index contributed by atoms with van der Waals surface area (Å²) in [5, 5.41) is 16.0. The van der Waals surface area contributed by atoms with Crippen LogP contribution in [-0.4, -0.2) is 46.7 Å². The lowest BCUT2D eigenvalue weighted by Gasteiger charge is -2.19. The minimum Gasteiger partial charge on any atom is -0.391 e. The Balaban J connectivity index is 1.49. The van der Waals surface area contributed by atoms with Crippen molar-refractivity contribution in [3.05, 3.63) is 83.4 Å². The maximum atomic E-state index is 13.5. The summed E-state index contributed by atoms with van der Waals surface area (Å²) in [7, 11) is 0. The molecule has 1 aliphatic rings. The van der Waals surface area contributed by atoms with Gasteiger partial charge in [-0.15, -0.1) is 0 Å². The maximum Gasteiger partial charge on any atom is 0.255 e. The molecule has 1 atom stereocenters. The van der Waals surface area contributed by atoms with E-state index in [4.69, 9.17) is 0 Å². The van der Waals surface area contributed by atoms with Gasteiger partial charge in [0.05, 0.1) is 11.7 Å². The number of aromatic nitrogens is 2. The molecule has 3 heterocycles. The third kappa shape index (κ3) is 5.59. The second-order valence-electron chi connectivity index (χ2n) is 7.80. The highest BCUT2D eigenvalue weighted by atomic mass is 19.1. The molecule has 166 valence electrons. The predicted molar refractivity (Wildman–Crippen MR) is 121 cm³/mol. The number of benzene rings is 1. The molecule has 0 saturated carbocycles. The van der Waals surface area contributed by atoms with Crippen LogP contribution in [0.3, 0.4) is 0 Å². The third-order valence-corrected chi connectivity index (χ3v) is 5.38. The molecule has 0 bridgehead atoms. The van der Waals surface area contributed by atoms with E-state index in [9.17, 15) is 14.3 Å². The minimum atomic E-state index is -0.372. The van der Waals surface area contributed by atoms with Gasteiger partial charge >= 0.3 is 0 Å².